The zero-order valence-electron chi connectivity index (χ0n) is 12.0. The smallest absolute Gasteiger partial charge is 0.121 e. The van der Waals surface area contributed by atoms with Gasteiger partial charge in [-0.15, -0.1) is 0 Å². The lowest BCUT2D eigenvalue weighted by Gasteiger charge is -2.09. The molecule has 1 atom stereocenters. The highest BCUT2D eigenvalue weighted by Crippen LogP contribution is 2.19. The summed E-state index contributed by atoms with van der Waals surface area (Å²) in [6.45, 7) is 8.02. The Kier molecular flexibility index (Phi) is 4.80. The Morgan fingerprint density at radius 3 is 2.95 bits per heavy atom. The molecular weight excluding hydrogens is 238 g/mol. The van der Waals surface area contributed by atoms with Crippen LogP contribution in [-0.2, 0) is 6.42 Å². The maximum absolute atomic E-state index is 5.49. The number of aromatic nitrogens is 2. The van der Waals surface area contributed by atoms with E-state index in [1.807, 2.05) is 25.1 Å². The normalized spacial score (nSPS) is 12.8. The molecule has 1 heterocycles. The number of fused-ring (bicyclic) bond motifs is 1. The lowest BCUT2D eigenvalue weighted by Crippen LogP contribution is -2.27. The molecule has 0 spiro atoms. The first-order chi connectivity index (χ1) is 9.22. The van der Waals surface area contributed by atoms with Gasteiger partial charge in [-0.05, 0) is 32.4 Å². The molecule has 0 saturated heterocycles. The molecule has 1 aromatic carbocycles. The van der Waals surface area contributed by atoms with Crippen LogP contribution < -0.4 is 10.1 Å². The van der Waals surface area contributed by atoms with Crippen LogP contribution in [0.2, 0.25) is 0 Å². The average Bonchev–Trinajstić information content (AvgIpc) is 2.80. The van der Waals surface area contributed by atoms with Gasteiger partial charge >= 0.3 is 0 Å². The molecule has 1 aromatic heterocycles. The van der Waals surface area contributed by atoms with E-state index in [9.17, 15) is 0 Å². The molecule has 0 saturated carbocycles. The first kappa shape index (κ1) is 13.9. The largest absolute Gasteiger partial charge is 0.494 e. The summed E-state index contributed by atoms with van der Waals surface area (Å²) in [4.78, 5) is 7.94. The van der Waals surface area contributed by atoms with Gasteiger partial charge in [-0.3, -0.25) is 0 Å². The van der Waals surface area contributed by atoms with Gasteiger partial charge in [0.1, 0.15) is 11.6 Å². The molecule has 0 radical (unpaired) electrons. The SMILES string of the molecule is CCOc1ccc2nc(CCNC(C)CC)[nH]c2c1. The Bertz CT molecular complexity index is 521. The van der Waals surface area contributed by atoms with E-state index in [1.54, 1.807) is 0 Å². The van der Waals surface area contributed by atoms with E-state index < -0.39 is 0 Å². The van der Waals surface area contributed by atoms with Crippen molar-refractivity contribution in [2.24, 2.45) is 0 Å². The predicted octanol–water partition coefficient (Wildman–Crippen LogP) is 2.89. The van der Waals surface area contributed by atoms with Crippen molar-refractivity contribution in [2.75, 3.05) is 13.2 Å². The van der Waals surface area contributed by atoms with Crippen LogP contribution in [0.4, 0.5) is 0 Å². The number of benzene rings is 1. The molecule has 0 aliphatic rings. The minimum absolute atomic E-state index is 0.564. The highest BCUT2D eigenvalue weighted by Gasteiger charge is 2.05. The maximum atomic E-state index is 5.49. The fraction of sp³-hybridized carbons (Fsp3) is 0.533. The number of hydrogen-bond acceptors (Lipinski definition) is 3. The zero-order valence-corrected chi connectivity index (χ0v) is 12.0. The number of ether oxygens (including phenoxy) is 1. The van der Waals surface area contributed by atoms with Crippen molar-refractivity contribution in [1.29, 1.82) is 0 Å². The summed E-state index contributed by atoms with van der Waals surface area (Å²) in [5, 5.41) is 3.47. The van der Waals surface area contributed by atoms with Crippen molar-refractivity contribution in [2.45, 2.75) is 39.7 Å². The highest BCUT2D eigenvalue weighted by molar-refractivity contribution is 5.76. The third-order valence-corrected chi connectivity index (χ3v) is 3.28. The number of nitrogens with one attached hydrogen (secondary N) is 2. The highest BCUT2D eigenvalue weighted by atomic mass is 16.5. The molecule has 0 aliphatic carbocycles. The molecule has 4 heteroatoms. The van der Waals surface area contributed by atoms with Gasteiger partial charge in [0.05, 0.1) is 17.6 Å². The van der Waals surface area contributed by atoms with Gasteiger partial charge < -0.3 is 15.0 Å². The first-order valence-corrected chi connectivity index (χ1v) is 7.07. The minimum Gasteiger partial charge on any atom is -0.494 e. The molecule has 0 fully saturated rings. The van der Waals surface area contributed by atoms with Crippen LogP contribution in [0.25, 0.3) is 11.0 Å². The molecule has 19 heavy (non-hydrogen) atoms. The van der Waals surface area contributed by atoms with Gasteiger partial charge in [0.25, 0.3) is 0 Å². The Labute approximate surface area is 114 Å². The van der Waals surface area contributed by atoms with Crippen LogP contribution in [0.5, 0.6) is 5.75 Å². The van der Waals surface area contributed by atoms with Crippen molar-refractivity contribution in [3.8, 4) is 5.75 Å². The number of rotatable bonds is 7. The summed E-state index contributed by atoms with van der Waals surface area (Å²) in [6, 6.07) is 6.54. The molecule has 104 valence electrons. The summed E-state index contributed by atoms with van der Waals surface area (Å²) in [5.41, 5.74) is 2.05. The molecule has 0 aliphatic heterocycles. The Morgan fingerprint density at radius 2 is 2.21 bits per heavy atom. The van der Waals surface area contributed by atoms with Crippen molar-refractivity contribution in [3.63, 3.8) is 0 Å². The van der Waals surface area contributed by atoms with Gasteiger partial charge in [-0.1, -0.05) is 6.92 Å². The molecule has 4 nitrogen and oxygen atoms in total. The van der Waals surface area contributed by atoms with E-state index in [-0.39, 0.29) is 0 Å². The van der Waals surface area contributed by atoms with Crippen LogP contribution in [0.1, 0.15) is 33.0 Å². The lowest BCUT2D eigenvalue weighted by molar-refractivity contribution is 0.340. The summed E-state index contributed by atoms with van der Waals surface area (Å²) in [6.07, 6.45) is 2.07. The van der Waals surface area contributed by atoms with E-state index in [4.69, 9.17) is 4.74 Å². The van der Waals surface area contributed by atoms with Crippen LogP contribution >= 0.6 is 0 Å². The Hall–Kier alpha value is -1.55. The van der Waals surface area contributed by atoms with Crippen LogP contribution in [0.3, 0.4) is 0 Å². The quantitative estimate of drug-likeness (QED) is 0.805. The number of imidazole rings is 1. The van der Waals surface area contributed by atoms with E-state index in [0.29, 0.717) is 12.6 Å². The lowest BCUT2D eigenvalue weighted by atomic mass is 10.2. The third-order valence-electron chi connectivity index (χ3n) is 3.28. The molecule has 2 N–H and O–H groups in total. The first-order valence-electron chi connectivity index (χ1n) is 7.07. The number of nitrogens with zero attached hydrogens (tertiary/aromatic N) is 1. The second-order valence-corrected chi connectivity index (χ2v) is 4.81. The Balaban J connectivity index is 2.00. The van der Waals surface area contributed by atoms with Crippen LogP contribution in [0, 0.1) is 0 Å². The molecule has 0 amide bonds. The van der Waals surface area contributed by atoms with Crippen molar-refractivity contribution < 1.29 is 4.74 Å². The zero-order chi connectivity index (χ0) is 13.7. The molecule has 1 unspecified atom stereocenters. The summed E-state index contributed by atoms with van der Waals surface area (Å²) in [7, 11) is 0. The Morgan fingerprint density at radius 1 is 1.37 bits per heavy atom. The molecule has 0 bridgehead atoms. The second-order valence-electron chi connectivity index (χ2n) is 4.81. The van der Waals surface area contributed by atoms with E-state index in [1.165, 1.54) is 0 Å². The van der Waals surface area contributed by atoms with Crippen molar-refractivity contribution in [1.82, 2.24) is 15.3 Å². The van der Waals surface area contributed by atoms with Gasteiger partial charge in [-0.25, -0.2) is 4.98 Å². The van der Waals surface area contributed by atoms with E-state index in [2.05, 4.69) is 29.1 Å². The van der Waals surface area contributed by atoms with Crippen LogP contribution in [0.15, 0.2) is 18.2 Å². The number of hydrogen-bond donors (Lipinski definition) is 2. The number of aromatic amines is 1. The number of H-pyrrole nitrogens is 1. The standard InChI is InChI=1S/C15H23N3O/c1-4-11(3)16-9-8-15-17-13-7-6-12(19-5-2)10-14(13)18-15/h6-7,10-11,16H,4-5,8-9H2,1-3H3,(H,17,18). The van der Waals surface area contributed by atoms with Crippen molar-refractivity contribution in [3.05, 3.63) is 24.0 Å². The summed E-state index contributed by atoms with van der Waals surface area (Å²) in [5.74, 6) is 1.92. The van der Waals surface area contributed by atoms with Gasteiger partial charge in [-0.2, -0.15) is 0 Å². The topological polar surface area (TPSA) is 49.9 Å². The second kappa shape index (κ2) is 6.57. The van der Waals surface area contributed by atoms with Gasteiger partial charge in [0.15, 0.2) is 0 Å². The summed E-state index contributed by atoms with van der Waals surface area (Å²) < 4.78 is 5.49. The van der Waals surface area contributed by atoms with Gasteiger partial charge in [0, 0.05) is 25.1 Å². The molecule has 2 aromatic rings. The van der Waals surface area contributed by atoms with E-state index >= 15 is 0 Å². The molecule has 2 rings (SSSR count). The maximum Gasteiger partial charge on any atom is 0.121 e. The van der Waals surface area contributed by atoms with Crippen molar-refractivity contribution >= 4 is 11.0 Å². The monoisotopic (exact) mass is 261 g/mol. The third kappa shape index (κ3) is 3.70. The molecular formula is C15H23N3O. The van der Waals surface area contributed by atoms with Crippen LogP contribution in [-0.4, -0.2) is 29.2 Å². The minimum atomic E-state index is 0.564. The van der Waals surface area contributed by atoms with Gasteiger partial charge in [0.2, 0.25) is 0 Å². The fourth-order valence-corrected chi connectivity index (χ4v) is 2.00. The summed E-state index contributed by atoms with van der Waals surface area (Å²) >= 11 is 0. The van der Waals surface area contributed by atoms with E-state index in [0.717, 1.165) is 42.0 Å². The average molecular weight is 261 g/mol. The fourth-order valence-electron chi connectivity index (χ4n) is 2.00. The predicted molar refractivity (Wildman–Crippen MR) is 78.7 cm³/mol.